The predicted octanol–water partition coefficient (Wildman–Crippen LogP) is 3.51. The zero-order valence-electron chi connectivity index (χ0n) is 14.8. The van der Waals surface area contributed by atoms with Crippen LogP contribution in [0.4, 0.5) is 0 Å². The Morgan fingerprint density at radius 3 is 2.52 bits per heavy atom. The number of nitrogens with zero attached hydrogens (tertiary/aromatic N) is 1. The van der Waals surface area contributed by atoms with E-state index in [4.69, 9.17) is 0 Å². The van der Waals surface area contributed by atoms with E-state index < -0.39 is 0 Å². The van der Waals surface area contributed by atoms with Crippen LogP contribution in [0, 0.1) is 17.8 Å². The molecule has 4 aliphatic rings. The third kappa shape index (κ3) is 3.48. The van der Waals surface area contributed by atoms with E-state index in [0.717, 1.165) is 32.1 Å². The molecule has 4 heteroatoms. The number of rotatable bonds is 6. The Bertz CT molecular complexity index is 458. The summed E-state index contributed by atoms with van der Waals surface area (Å²) in [6.07, 6.45) is 11.0. The molecular formula is C19H32N2O2. The molecular weight excluding hydrogens is 288 g/mol. The molecule has 2 aliphatic heterocycles. The van der Waals surface area contributed by atoms with Gasteiger partial charge in [0.15, 0.2) is 0 Å². The van der Waals surface area contributed by atoms with Crippen molar-refractivity contribution in [3.8, 4) is 0 Å². The molecule has 2 unspecified atom stereocenters. The Hall–Kier alpha value is -0.870. The van der Waals surface area contributed by atoms with Gasteiger partial charge in [0, 0.05) is 24.0 Å². The normalized spacial score (nSPS) is 39.5. The van der Waals surface area contributed by atoms with Crippen molar-refractivity contribution in [2.24, 2.45) is 17.8 Å². The minimum absolute atomic E-state index is 0.0610. The number of allylic oxidation sites excluding steroid dienone is 1. The number of carbonyl (C=O) groups is 1. The number of hydroxylamine groups is 2. The van der Waals surface area contributed by atoms with Crippen LogP contribution in [0.25, 0.3) is 0 Å². The summed E-state index contributed by atoms with van der Waals surface area (Å²) >= 11 is 0. The zero-order valence-corrected chi connectivity index (χ0v) is 14.8. The smallest absolute Gasteiger partial charge is 0.224 e. The first-order valence-electron chi connectivity index (χ1n) is 9.31. The van der Waals surface area contributed by atoms with Crippen LogP contribution in [0.2, 0.25) is 0 Å². The molecule has 4 rings (SSSR count). The standard InChI is InChI=1S/C19H32N2O2/c1-13(2)7-5-4-6-8-17(22)20-18-14-9-16-10-15(18)12-19(3,11-14)21(16)23/h4,6,13-16,18,23H,5,7-12H2,1-3H3,(H,20,22)/b6-4+/t14-,15+,16?,18?,19+. The van der Waals surface area contributed by atoms with Crippen LogP contribution in [-0.4, -0.2) is 33.8 Å². The summed E-state index contributed by atoms with van der Waals surface area (Å²) in [5.41, 5.74) is -0.0610. The average molecular weight is 320 g/mol. The quantitative estimate of drug-likeness (QED) is 0.736. The highest BCUT2D eigenvalue weighted by atomic mass is 16.5. The Balaban J connectivity index is 1.49. The van der Waals surface area contributed by atoms with Crippen LogP contribution in [0.15, 0.2) is 12.2 Å². The SMILES string of the molecule is CC(C)CC/C=C/CC(=O)NC1[C@@H]2CC3C[C@H]1C[C@](C)(C2)N3O. The molecule has 4 fully saturated rings. The second-order valence-corrected chi connectivity index (χ2v) is 8.64. The van der Waals surface area contributed by atoms with Gasteiger partial charge in [0.1, 0.15) is 0 Å². The summed E-state index contributed by atoms with van der Waals surface area (Å²) in [6, 6.07) is 0.631. The van der Waals surface area contributed by atoms with Crippen LogP contribution in [0.5, 0.6) is 0 Å². The number of nitrogens with one attached hydrogen (secondary N) is 1. The molecule has 0 spiro atoms. The maximum atomic E-state index is 12.3. The third-order valence-electron chi connectivity index (χ3n) is 6.18. The first-order chi connectivity index (χ1) is 10.9. The van der Waals surface area contributed by atoms with Crippen molar-refractivity contribution in [1.82, 2.24) is 10.4 Å². The van der Waals surface area contributed by atoms with Crippen LogP contribution in [0.3, 0.4) is 0 Å². The van der Waals surface area contributed by atoms with Crippen molar-refractivity contribution < 1.29 is 10.0 Å². The molecule has 2 heterocycles. The fraction of sp³-hybridized carbons (Fsp3) is 0.842. The van der Waals surface area contributed by atoms with Crippen molar-refractivity contribution in [1.29, 1.82) is 0 Å². The van der Waals surface area contributed by atoms with Gasteiger partial charge < -0.3 is 10.5 Å². The van der Waals surface area contributed by atoms with Crippen LogP contribution >= 0.6 is 0 Å². The van der Waals surface area contributed by atoms with Gasteiger partial charge in [0.2, 0.25) is 5.91 Å². The lowest BCUT2D eigenvalue weighted by Crippen LogP contribution is -2.69. The van der Waals surface area contributed by atoms with Gasteiger partial charge in [0.05, 0.1) is 0 Å². The molecule has 4 nitrogen and oxygen atoms in total. The maximum absolute atomic E-state index is 12.3. The van der Waals surface area contributed by atoms with Crippen molar-refractivity contribution in [2.75, 3.05) is 0 Å². The zero-order chi connectivity index (χ0) is 16.6. The molecule has 4 bridgehead atoms. The van der Waals surface area contributed by atoms with E-state index in [1.165, 1.54) is 6.42 Å². The molecule has 1 amide bonds. The second kappa shape index (κ2) is 6.56. The van der Waals surface area contributed by atoms with E-state index in [1.807, 2.05) is 6.08 Å². The van der Waals surface area contributed by atoms with Gasteiger partial charge in [-0.25, -0.2) is 0 Å². The van der Waals surface area contributed by atoms with Gasteiger partial charge in [-0.05, 0) is 63.2 Å². The van der Waals surface area contributed by atoms with Gasteiger partial charge in [-0.15, -0.1) is 0 Å². The van der Waals surface area contributed by atoms with Crippen LogP contribution < -0.4 is 5.32 Å². The molecule has 0 aromatic carbocycles. The van der Waals surface area contributed by atoms with Crippen molar-refractivity contribution in [2.45, 2.75) is 83.3 Å². The largest absolute Gasteiger partial charge is 0.353 e. The highest BCUT2D eigenvalue weighted by Crippen LogP contribution is 2.53. The predicted molar refractivity (Wildman–Crippen MR) is 91.0 cm³/mol. The fourth-order valence-electron chi connectivity index (χ4n) is 5.15. The number of amides is 1. The summed E-state index contributed by atoms with van der Waals surface area (Å²) in [4.78, 5) is 12.3. The van der Waals surface area contributed by atoms with Crippen LogP contribution in [-0.2, 0) is 4.79 Å². The molecule has 130 valence electrons. The Morgan fingerprint density at radius 1 is 1.30 bits per heavy atom. The van der Waals surface area contributed by atoms with Crippen molar-refractivity contribution in [3.63, 3.8) is 0 Å². The summed E-state index contributed by atoms with van der Waals surface area (Å²) in [6.45, 7) is 6.62. The van der Waals surface area contributed by atoms with Gasteiger partial charge in [-0.1, -0.05) is 26.0 Å². The maximum Gasteiger partial charge on any atom is 0.224 e. The highest BCUT2D eigenvalue weighted by Gasteiger charge is 2.57. The number of piperidine rings is 2. The molecule has 2 saturated carbocycles. The summed E-state index contributed by atoms with van der Waals surface area (Å²) in [5.74, 6) is 1.95. The molecule has 5 atom stereocenters. The van der Waals surface area contributed by atoms with E-state index in [9.17, 15) is 10.0 Å². The van der Waals surface area contributed by atoms with Crippen LogP contribution in [0.1, 0.15) is 65.7 Å². The van der Waals surface area contributed by atoms with E-state index in [0.29, 0.717) is 36.3 Å². The Labute approximate surface area is 140 Å². The van der Waals surface area contributed by atoms with Gasteiger partial charge in [-0.3, -0.25) is 4.79 Å². The summed E-state index contributed by atoms with van der Waals surface area (Å²) < 4.78 is 0. The lowest BCUT2D eigenvalue weighted by molar-refractivity contribution is -0.274. The second-order valence-electron chi connectivity index (χ2n) is 8.64. The molecule has 23 heavy (non-hydrogen) atoms. The molecule has 2 saturated heterocycles. The fourth-order valence-corrected chi connectivity index (χ4v) is 5.15. The van der Waals surface area contributed by atoms with Crippen molar-refractivity contribution in [3.05, 3.63) is 12.2 Å². The summed E-state index contributed by atoms with van der Waals surface area (Å²) in [7, 11) is 0. The molecule has 0 aromatic heterocycles. The highest BCUT2D eigenvalue weighted by molar-refractivity contribution is 5.77. The van der Waals surface area contributed by atoms with E-state index in [2.05, 4.69) is 32.2 Å². The first kappa shape index (κ1) is 17.0. The molecule has 0 radical (unpaired) electrons. The average Bonchev–Trinajstić information content (AvgIpc) is 2.45. The Kier molecular flexibility index (Phi) is 4.84. The number of hydrogen-bond donors (Lipinski definition) is 2. The van der Waals surface area contributed by atoms with Gasteiger partial charge in [-0.2, -0.15) is 5.06 Å². The van der Waals surface area contributed by atoms with E-state index >= 15 is 0 Å². The lowest BCUT2D eigenvalue weighted by atomic mass is 9.57. The number of carbonyl (C=O) groups excluding carboxylic acids is 1. The van der Waals surface area contributed by atoms with E-state index in [-0.39, 0.29) is 11.4 Å². The first-order valence-corrected chi connectivity index (χ1v) is 9.31. The topological polar surface area (TPSA) is 52.6 Å². The summed E-state index contributed by atoms with van der Waals surface area (Å²) in [5, 5.41) is 15.2. The van der Waals surface area contributed by atoms with E-state index in [1.54, 1.807) is 5.06 Å². The molecule has 0 aromatic rings. The monoisotopic (exact) mass is 320 g/mol. The Morgan fingerprint density at radius 2 is 1.96 bits per heavy atom. The van der Waals surface area contributed by atoms with Gasteiger partial charge >= 0.3 is 0 Å². The number of hydrogen-bond acceptors (Lipinski definition) is 3. The lowest BCUT2D eigenvalue weighted by Gasteiger charge is -2.62. The third-order valence-corrected chi connectivity index (χ3v) is 6.18. The molecule has 2 N–H and O–H groups in total. The minimum Gasteiger partial charge on any atom is -0.353 e. The molecule has 2 aliphatic carbocycles. The minimum atomic E-state index is -0.0610. The van der Waals surface area contributed by atoms with Gasteiger partial charge in [0.25, 0.3) is 0 Å². The van der Waals surface area contributed by atoms with Crippen molar-refractivity contribution >= 4 is 5.91 Å².